The van der Waals surface area contributed by atoms with Crippen molar-refractivity contribution in [2.24, 2.45) is 5.92 Å². The quantitative estimate of drug-likeness (QED) is 0.864. The highest BCUT2D eigenvalue weighted by Crippen LogP contribution is 2.43. The Balaban J connectivity index is 1.75. The van der Waals surface area contributed by atoms with Gasteiger partial charge in [-0.15, -0.1) is 0 Å². The van der Waals surface area contributed by atoms with Gasteiger partial charge < -0.3 is 10.6 Å². The number of sulfone groups is 1. The van der Waals surface area contributed by atoms with Crippen LogP contribution >= 0.6 is 0 Å². The van der Waals surface area contributed by atoms with Gasteiger partial charge in [0.25, 0.3) is 0 Å². The summed E-state index contributed by atoms with van der Waals surface area (Å²) >= 11 is 0. The molecule has 0 amide bonds. The molecule has 1 unspecified atom stereocenters. The molecule has 2 aromatic carbocycles. The van der Waals surface area contributed by atoms with Gasteiger partial charge in [-0.3, -0.25) is 0 Å². The molecule has 2 heterocycles. The van der Waals surface area contributed by atoms with Gasteiger partial charge in [-0.2, -0.15) is 0 Å². The molecule has 2 N–H and O–H groups in total. The molecule has 2 aliphatic rings. The second-order valence-corrected chi connectivity index (χ2v) is 8.91. The van der Waals surface area contributed by atoms with E-state index in [4.69, 9.17) is 0 Å². The Morgan fingerprint density at radius 3 is 2.72 bits per heavy atom. The molecular formula is C19H21FN2O2S. The first-order valence-electron chi connectivity index (χ1n) is 8.58. The van der Waals surface area contributed by atoms with Crippen molar-refractivity contribution in [3.05, 3.63) is 53.8 Å². The van der Waals surface area contributed by atoms with Gasteiger partial charge in [0, 0.05) is 17.6 Å². The maximum absolute atomic E-state index is 13.5. The third-order valence-electron chi connectivity index (χ3n) is 5.31. The predicted octanol–water partition coefficient (Wildman–Crippen LogP) is 3.17. The molecule has 0 spiro atoms. The van der Waals surface area contributed by atoms with Crippen molar-refractivity contribution in [2.75, 3.05) is 18.4 Å². The summed E-state index contributed by atoms with van der Waals surface area (Å²) in [5, 5.41) is 6.99. The molecule has 4 rings (SSSR count). The molecule has 6 heteroatoms. The van der Waals surface area contributed by atoms with Crippen LogP contribution in [0, 0.1) is 11.7 Å². The van der Waals surface area contributed by atoms with E-state index in [1.54, 1.807) is 12.1 Å². The SMILES string of the molecule is CC1CNCC[C@@H]2c3cc(S(=O)(=O)c4cccc(F)c4)ccc3N[C@H]12. The van der Waals surface area contributed by atoms with Gasteiger partial charge in [-0.25, -0.2) is 12.8 Å². The van der Waals surface area contributed by atoms with E-state index in [2.05, 4.69) is 17.6 Å². The van der Waals surface area contributed by atoms with Crippen LogP contribution in [-0.2, 0) is 9.84 Å². The first-order valence-corrected chi connectivity index (χ1v) is 10.1. The molecule has 25 heavy (non-hydrogen) atoms. The number of benzene rings is 2. The first kappa shape index (κ1) is 16.5. The minimum Gasteiger partial charge on any atom is -0.381 e. The van der Waals surface area contributed by atoms with Crippen molar-refractivity contribution in [2.45, 2.75) is 35.1 Å². The summed E-state index contributed by atoms with van der Waals surface area (Å²) in [6.07, 6.45) is 0.971. The number of hydrogen-bond acceptors (Lipinski definition) is 4. The fourth-order valence-corrected chi connectivity index (χ4v) is 5.31. The average Bonchev–Trinajstić information content (AvgIpc) is 2.86. The summed E-state index contributed by atoms with van der Waals surface area (Å²) < 4.78 is 39.2. The Morgan fingerprint density at radius 1 is 1.12 bits per heavy atom. The van der Waals surface area contributed by atoms with E-state index < -0.39 is 15.7 Å². The number of nitrogens with one attached hydrogen (secondary N) is 2. The van der Waals surface area contributed by atoms with Crippen LogP contribution in [0.2, 0.25) is 0 Å². The van der Waals surface area contributed by atoms with Crippen molar-refractivity contribution in [3.63, 3.8) is 0 Å². The van der Waals surface area contributed by atoms with Gasteiger partial charge in [0.15, 0.2) is 0 Å². The van der Waals surface area contributed by atoms with E-state index in [1.807, 2.05) is 6.07 Å². The van der Waals surface area contributed by atoms with Crippen molar-refractivity contribution in [1.29, 1.82) is 0 Å². The van der Waals surface area contributed by atoms with E-state index >= 15 is 0 Å². The lowest BCUT2D eigenvalue weighted by molar-refractivity contribution is 0.454. The molecule has 1 fully saturated rings. The Hall–Kier alpha value is -1.92. The second-order valence-electron chi connectivity index (χ2n) is 6.96. The zero-order chi connectivity index (χ0) is 17.6. The molecule has 0 radical (unpaired) electrons. The van der Waals surface area contributed by atoms with E-state index in [0.717, 1.165) is 36.8 Å². The van der Waals surface area contributed by atoms with Crippen LogP contribution in [-0.4, -0.2) is 27.5 Å². The summed E-state index contributed by atoms with van der Waals surface area (Å²) in [6, 6.07) is 10.7. The molecule has 2 aromatic rings. The molecule has 0 aromatic heterocycles. The molecule has 0 saturated carbocycles. The largest absolute Gasteiger partial charge is 0.381 e. The number of halogens is 1. The van der Waals surface area contributed by atoms with Gasteiger partial charge in [0.05, 0.1) is 9.79 Å². The van der Waals surface area contributed by atoms with Crippen molar-refractivity contribution >= 4 is 15.5 Å². The van der Waals surface area contributed by atoms with Gasteiger partial charge >= 0.3 is 0 Å². The second kappa shape index (κ2) is 6.11. The van der Waals surface area contributed by atoms with E-state index in [9.17, 15) is 12.8 Å². The van der Waals surface area contributed by atoms with E-state index in [1.165, 1.54) is 18.2 Å². The smallest absolute Gasteiger partial charge is 0.206 e. The molecule has 0 bridgehead atoms. The maximum atomic E-state index is 13.5. The standard InChI is InChI=1S/C19H21FN2O2S/c1-12-11-21-8-7-16-17-10-15(5-6-18(17)22-19(12)16)25(23,24)14-4-2-3-13(20)9-14/h2-6,9-10,12,16,19,21-22H,7-8,11H2,1H3/t12?,16-,19-/m1/s1. The monoisotopic (exact) mass is 360 g/mol. The summed E-state index contributed by atoms with van der Waals surface area (Å²) in [5.74, 6) is 0.207. The van der Waals surface area contributed by atoms with Crippen molar-refractivity contribution in [3.8, 4) is 0 Å². The first-order chi connectivity index (χ1) is 12.0. The number of rotatable bonds is 2. The molecule has 132 valence electrons. The molecule has 0 aliphatic carbocycles. The predicted molar refractivity (Wildman–Crippen MR) is 95.1 cm³/mol. The van der Waals surface area contributed by atoms with Gasteiger partial charge in [-0.1, -0.05) is 13.0 Å². The fraction of sp³-hybridized carbons (Fsp3) is 0.368. The van der Waals surface area contributed by atoms with E-state index in [-0.39, 0.29) is 9.79 Å². The summed E-state index contributed by atoms with van der Waals surface area (Å²) in [7, 11) is -3.73. The van der Waals surface area contributed by atoms with Crippen LogP contribution in [0.25, 0.3) is 0 Å². The lowest BCUT2D eigenvalue weighted by Gasteiger charge is -2.22. The van der Waals surface area contributed by atoms with Gasteiger partial charge in [-0.05, 0) is 67.4 Å². The zero-order valence-electron chi connectivity index (χ0n) is 14.0. The Bertz CT molecular complexity index is 913. The van der Waals surface area contributed by atoms with Crippen LogP contribution in [0.15, 0.2) is 52.3 Å². The highest BCUT2D eigenvalue weighted by atomic mass is 32.2. The molecule has 4 nitrogen and oxygen atoms in total. The molecule has 3 atom stereocenters. The lowest BCUT2D eigenvalue weighted by atomic mass is 9.87. The van der Waals surface area contributed by atoms with Gasteiger partial charge in [0.1, 0.15) is 5.82 Å². The van der Waals surface area contributed by atoms with Crippen LogP contribution in [0.5, 0.6) is 0 Å². The molecule has 2 aliphatic heterocycles. The van der Waals surface area contributed by atoms with Crippen LogP contribution < -0.4 is 10.6 Å². The van der Waals surface area contributed by atoms with Crippen LogP contribution in [0.4, 0.5) is 10.1 Å². The fourth-order valence-electron chi connectivity index (χ4n) is 3.98. The molecule has 1 saturated heterocycles. The third kappa shape index (κ3) is 2.83. The number of anilines is 1. The zero-order valence-corrected chi connectivity index (χ0v) is 14.8. The normalized spacial score (nSPS) is 25.6. The Labute approximate surface area is 147 Å². The minimum atomic E-state index is -3.73. The van der Waals surface area contributed by atoms with Crippen LogP contribution in [0.1, 0.15) is 24.8 Å². The maximum Gasteiger partial charge on any atom is 0.206 e. The Kier molecular flexibility index (Phi) is 4.04. The lowest BCUT2D eigenvalue weighted by Crippen LogP contribution is -2.31. The number of hydrogen-bond donors (Lipinski definition) is 2. The highest BCUT2D eigenvalue weighted by Gasteiger charge is 2.37. The topological polar surface area (TPSA) is 58.2 Å². The molecular weight excluding hydrogens is 339 g/mol. The van der Waals surface area contributed by atoms with Crippen molar-refractivity contribution in [1.82, 2.24) is 5.32 Å². The van der Waals surface area contributed by atoms with Crippen LogP contribution in [0.3, 0.4) is 0 Å². The minimum absolute atomic E-state index is 0.00847. The summed E-state index contributed by atoms with van der Waals surface area (Å²) in [5.41, 5.74) is 2.07. The van der Waals surface area contributed by atoms with Gasteiger partial charge in [0.2, 0.25) is 9.84 Å². The third-order valence-corrected chi connectivity index (χ3v) is 7.06. The average molecular weight is 360 g/mol. The highest BCUT2D eigenvalue weighted by molar-refractivity contribution is 7.91. The summed E-state index contributed by atoms with van der Waals surface area (Å²) in [6.45, 7) is 4.09. The van der Waals surface area contributed by atoms with E-state index in [0.29, 0.717) is 17.9 Å². The summed E-state index contributed by atoms with van der Waals surface area (Å²) in [4.78, 5) is 0.218. The Morgan fingerprint density at radius 2 is 1.92 bits per heavy atom. The number of fused-ring (bicyclic) bond motifs is 3. The van der Waals surface area contributed by atoms with Crippen molar-refractivity contribution < 1.29 is 12.8 Å².